The highest BCUT2D eigenvalue weighted by molar-refractivity contribution is 7.92. The van der Waals surface area contributed by atoms with Crippen molar-refractivity contribution >= 4 is 9.84 Å². The highest BCUT2D eigenvalue weighted by atomic mass is 32.2. The molecule has 1 aliphatic carbocycles. The van der Waals surface area contributed by atoms with E-state index in [2.05, 4.69) is 20.2 Å². The predicted molar refractivity (Wildman–Crippen MR) is 117 cm³/mol. The zero-order valence-corrected chi connectivity index (χ0v) is 19.3. The molecule has 0 amide bonds. The molecule has 31 heavy (non-hydrogen) atoms. The van der Waals surface area contributed by atoms with Crippen LogP contribution in [-0.4, -0.2) is 38.6 Å². The van der Waals surface area contributed by atoms with Crippen LogP contribution in [-0.2, 0) is 9.84 Å². The third-order valence-corrected chi connectivity index (χ3v) is 8.75. The molecule has 0 N–H and O–H groups in total. The van der Waals surface area contributed by atoms with E-state index in [0.717, 1.165) is 30.7 Å². The summed E-state index contributed by atoms with van der Waals surface area (Å²) in [5.41, 5.74) is 2.58. The predicted octanol–water partition coefficient (Wildman–Crippen LogP) is 4.38. The summed E-state index contributed by atoms with van der Waals surface area (Å²) in [5.74, 6) is 1.04. The minimum absolute atomic E-state index is 0.160. The Morgan fingerprint density at radius 1 is 1.13 bits per heavy atom. The second-order valence-corrected chi connectivity index (χ2v) is 11.1. The van der Waals surface area contributed by atoms with Crippen LogP contribution < -0.4 is 0 Å². The topological polar surface area (TPSA) is 104 Å². The van der Waals surface area contributed by atoms with Gasteiger partial charge in [0.25, 0.3) is 0 Å². The van der Waals surface area contributed by atoms with E-state index in [-0.39, 0.29) is 17.1 Å². The van der Waals surface area contributed by atoms with Gasteiger partial charge in [-0.3, -0.25) is 0 Å². The highest BCUT2D eigenvalue weighted by Gasteiger charge is 2.41. The number of sulfone groups is 1. The van der Waals surface area contributed by atoms with E-state index in [1.54, 1.807) is 10.9 Å². The molecule has 0 bridgehead atoms. The van der Waals surface area contributed by atoms with Gasteiger partial charge in [-0.1, -0.05) is 38.3 Å². The Bertz CT molecular complexity index is 1140. The Morgan fingerprint density at radius 2 is 1.87 bits per heavy atom. The lowest BCUT2D eigenvalue weighted by atomic mass is 10.0. The summed E-state index contributed by atoms with van der Waals surface area (Å²) in [6.07, 6.45) is 6.09. The average Bonchev–Trinajstić information content (AvgIpc) is 3.34. The molecule has 1 fully saturated rings. The van der Waals surface area contributed by atoms with E-state index >= 15 is 0 Å². The largest absolute Gasteiger partial charge is 0.338 e. The number of pyridine rings is 1. The van der Waals surface area contributed by atoms with Crippen molar-refractivity contribution in [3.8, 4) is 17.2 Å². The van der Waals surface area contributed by atoms with Crippen LogP contribution in [0.2, 0.25) is 0 Å². The number of aromatic nitrogens is 5. The Morgan fingerprint density at radius 3 is 2.45 bits per heavy atom. The smallest absolute Gasteiger partial charge is 0.245 e. The van der Waals surface area contributed by atoms with Gasteiger partial charge >= 0.3 is 0 Å². The van der Waals surface area contributed by atoms with Crippen LogP contribution in [0.25, 0.3) is 17.2 Å². The minimum Gasteiger partial charge on any atom is -0.338 e. The highest BCUT2D eigenvalue weighted by Crippen LogP contribution is 2.37. The van der Waals surface area contributed by atoms with Crippen molar-refractivity contribution in [1.82, 2.24) is 24.9 Å². The molecule has 1 unspecified atom stereocenters. The van der Waals surface area contributed by atoms with Crippen LogP contribution >= 0.6 is 0 Å². The van der Waals surface area contributed by atoms with E-state index in [1.807, 2.05) is 45.9 Å². The zero-order valence-electron chi connectivity index (χ0n) is 18.4. The lowest BCUT2D eigenvalue weighted by molar-refractivity contribution is 0.350. The maximum atomic E-state index is 13.4. The molecular weight excluding hydrogens is 414 g/mol. The van der Waals surface area contributed by atoms with Gasteiger partial charge in [-0.25, -0.2) is 18.1 Å². The summed E-state index contributed by atoms with van der Waals surface area (Å²) >= 11 is 0. The summed E-state index contributed by atoms with van der Waals surface area (Å²) < 4.78 is 34.0. The van der Waals surface area contributed by atoms with E-state index in [9.17, 15) is 8.42 Å². The lowest BCUT2D eigenvalue weighted by Gasteiger charge is -2.27. The Balaban J connectivity index is 1.61. The van der Waals surface area contributed by atoms with Crippen LogP contribution in [0.4, 0.5) is 0 Å². The minimum atomic E-state index is -3.41. The van der Waals surface area contributed by atoms with E-state index in [4.69, 9.17) is 4.52 Å². The van der Waals surface area contributed by atoms with Gasteiger partial charge in [0.2, 0.25) is 11.7 Å². The van der Waals surface area contributed by atoms with Crippen molar-refractivity contribution in [2.24, 2.45) is 5.92 Å². The summed E-state index contributed by atoms with van der Waals surface area (Å²) in [6.45, 7) is 7.68. The summed E-state index contributed by atoms with van der Waals surface area (Å²) in [5, 5.41) is 7.38. The fraction of sp³-hybridized carbons (Fsp3) is 0.545. The Kier molecular flexibility index (Phi) is 5.96. The van der Waals surface area contributed by atoms with Crippen LogP contribution in [0.5, 0.6) is 0 Å². The first kappa shape index (κ1) is 21.7. The second-order valence-electron chi connectivity index (χ2n) is 8.71. The summed E-state index contributed by atoms with van der Waals surface area (Å²) in [4.78, 5) is 8.94. The molecule has 166 valence electrons. The van der Waals surface area contributed by atoms with Crippen LogP contribution in [0.15, 0.2) is 28.9 Å². The van der Waals surface area contributed by atoms with Crippen molar-refractivity contribution in [3.63, 3.8) is 0 Å². The molecule has 0 radical (unpaired) electrons. The van der Waals surface area contributed by atoms with Crippen LogP contribution in [0.3, 0.4) is 0 Å². The first-order chi connectivity index (χ1) is 14.8. The third kappa shape index (κ3) is 4.28. The monoisotopic (exact) mass is 443 g/mol. The first-order valence-corrected chi connectivity index (χ1v) is 12.4. The van der Waals surface area contributed by atoms with Gasteiger partial charge in [-0.05, 0) is 50.8 Å². The van der Waals surface area contributed by atoms with Crippen molar-refractivity contribution in [2.75, 3.05) is 0 Å². The van der Waals surface area contributed by atoms with Crippen molar-refractivity contribution in [3.05, 3.63) is 41.7 Å². The number of aryl methyl sites for hydroxylation is 2. The maximum Gasteiger partial charge on any atom is 0.245 e. The lowest BCUT2D eigenvalue weighted by Crippen LogP contribution is -2.31. The molecule has 3 heterocycles. The van der Waals surface area contributed by atoms with Crippen molar-refractivity contribution in [2.45, 2.75) is 70.3 Å². The molecule has 0 saturated heterocycles. The molecule has 3 aromatic heterocycles. The molecule has 0 aromatic carbocycles. The normalized spacial score (nSPS) is 16.7. The van der Waals surface area contributed by atoms with Crippen molar-refractivity contribution < 1.29 is 12.9 Å². The number of hydrogen-bond donors (Lipinski definition) is 0. The van der Waals surface area contributed by atoms with Gasteiger partial charge in [-0.2, -0.15) is 10.1 Å². The first-order valence-electron chi connectivity index (χ1n) is 10.8. The zero-order chi connectivity index (χ0) is 22.2. The molecule has 9 heteroatoms. The number of nitrogens with zero attached hydrogens (tertiary/aromatic N) is 5. The maximum absolute atomic E-state index is 13.4. The summed E-state index contributed by atoms with van der Waals surface area (Å²) in [7, 11) is -3.41. The summed E-state index contributed by atoms with van der Waals surface area (Å²) in [6, 6.07) is 5.66. The van der Waals surface area contributed by atoms with E-state index in [1.165, 1.54) is 0 Å². The molecule has 1 atom stereocenters. The standard InChI is InChI=1S/C22H29N5O3S/c1-14(2)20(31(28,29)18-8-6-5-7-9-18)22-24-21(26-30-22)17-10-11-19(23-13-17)27-16(4)12-15(3)25-27/h10-14,18,20H,5-9H2,1-4H3. The molecule has 4 rings (SSSR count). The third-order valence-electron chi connectivity index (χ3n) is 5.89. The Labute approximate surface area is 183 Å². The number of rotatable bonds is 6. The average molecular weight is 444 g/mol. The fourth-order valence-electron chi connectivity index (χ4n) is 4.38. The molecule has 0 spiro atoms. The van der Waals surface area contributed by atoms with Gasteiger partial charge in [-0.15, -0.1) is 0 Å². The molecule has 1 saturated carbocycles. The van der Waals surface area contributed by atoms with Crippen molar-refractivity contribution in [1.29, 1.82) is 0 Å². The van der Waals surface area contributed by atoms with Gasteiger partial charge in [0.1, 0.15) is 5.25 Å². The molecule has 0 aliphatic heterocycles. The Hall–Kier alpha value is -2.55. The number of hydrogen-bond acceptors (Lipinski definition) is 7. The molecule has 8 nitrogen and oxygen atoms in total. The van der Waals surface area contributed by atoms with Gasteiger partial charge in [0.15, 0.2) is 15.7 Å². The fourth-order valence-corrected chi connectivity index (χ4v) is 6.92. The molecular formula is C22H29N5O3S. The molecule has 1 aliphatic rings. The van der Waals surface area contributed by atoms with Crippen LogP contribution in [0.1, 0.15) is 68.5 Å². The van der Waals surface area contributed by atoms with E-state index < -0.39 is 15.1 Å². The SMILES string of the molecule is Cc1cc(C)n(-c2ccc(-c3noc(C(C(C)C)S(=O)(=O)C4CCCCC4)n3)cn2)n1. The second kappa shape index (κ2) is 8.53. The quantitative estimate of drug-likeness (QED) is 0.557. The van der Waals surface area contributed by atoms with Gasteiger partial charge in [0.05, 0.1) is 10.9 Å². The molecule has 3 aromatic rings. The van der Waals surface area contributed by atoms with Crippen LogP contribution in [0, 0.1) is 19.8 Å². The van der Waals surface area contributed by atoms with Gasteiger partial charge in [0, 0.05) is 17.5 Å². The van der Waals surface area contributed by atoms with E-state index in [0.29, 0.717) is 30.0 Å². The van der Waals surface area contributed by atoms with Gasteiger partial charge < -0.3 is 4.52 Å².